The first kappa shape index (κ1) is 27.4. The van der Waals surface area contributed by atoms with Crippen molar-refractivity contribution < 1.29 is 23.9 Å². The summed E-state index contributed by atoms with van der Waals surface area (Å²) in [6.45, 7) is 4.63. The molecule has 40 heavy (non-hydrogen) atoms. The molecule has 4 aromatic rings. The highest BCUT2D eigenvalue weighted by atomic mass is 127. The third-order valence-electron chi connectivity index (χ3n) is 6.60. The van der Waals surface area contributed by atoms with Crippen molar-refractivity contribution in [3.8, 4) is 11.5 Å². The van der Waals surface area contributed by atoms with Crippen LogP contribution in [0.5, 0.6) is 11.5 Å². The summed E-state index contributed by atoms with van der Waals surface area (Å²) in [5.74, 6) is -0.374. The molecule has 1 aliphatic rings. The van der Waals surface area contributed by atoms with Gasteiger partial charge in [-0.05, 0) is 93.7 Å². The van der Waals surface area contributed by atoms with E-state index in [0.717, 1.165) is 36.8 Å². The quantitative estimate of drug-likeness (QED) is 0.132. The molecule has 0 saturated carbocycles. The predicted molar refractivity (Wildman–Crippen MR) is 163 cm³/mol. The Morgan fingerprint density at radius 1 is 0.900 bits per heavy atom. The predicted octanol–water partition coefficient (Wildman–Crippen LogP) is 6.65. The lowest BCUT2D eigenvalue weighted by Gasteiger charge is -2.26. The van der Waals surface area contributed by atoms with Crippen LogP contribution in [0.1, 0.15) is 30.5 Å². The van der Waals surface area contributed by atoms with Gasteiger partial charge in [-0.15, -0.1) is 0 Å². The smallest absolute Gasteiger partial charge is 0.335 e. The number of barbiturate groups is 1. The summed E-state index contributed by atoms with van der Waals surface area (Å²) in [4.78, 5) is 39.6. The van der Waals surface area contributed by atoms with Crippen LogP contribution < -0.4 is 19.7 Å². The Kier molecular flexibility index (Phi) is 8.16. The molecule has 4 aromatic carbocycles. The molecule has 8 heteroatoms. The molecule has 202 valence electrons. The highest BCUT2D eigenvalue weighted by Crippen LogP contribution is 2.36. The molecule has 0 spiro atoms. The number of nitrogens with zero attached hydrogens (tertiary/aromatic N) is 1. The van der Waals surface area contributed by atoms with Gasteiger partial charge in [-0.3, -0.25) is 14.9 Å². The van der Waals surface area contributed by atoms with Gasteiger partial charge in [0.2, 0.25) is 0 Å². The van der Waals surface area contributed by atoms with Gasteiger partial charge in [0.1, 0.15) is 12.2 Å². The number of imide groups is 2. The van der Waals surface area contributed by atoms with E-state index in [1.54, 1.807) is 18.2 Å². The maximum absolute atomic E-state index is 13.4. The summed E-state index contributed by atoms with van der Waals surface area (Å²) in [5, 5.41) is 4.53. The number of urea groups is 1. The zero-order chi connectivity index (χ0) is 28.2. The maximum atomic E-state index is 13.4. The third kappa shape index (κ3) is 5.58. The minimum atomic E-state index is -0.779. The van der Waals surface area contributed by atoms with E-state index < -0.39 is 17.8 Å². The molecular formula is C32H27IN2O5. The molecule has 1 N–H and O–H groups in total. The Balaban J connectivity index is 1.45. The lowest BCUT2D eigenvalue weighted by Crippen LogP contribution is -2.54. The van der Waals surface area contributed by atoms with Gasteiger partial charge in [-0.25, -0.2) is 9.69 Å². The van der Waals surface area contributed by atoms with Crippen molar-refractivity contribution in [3.63, 3.8) is 0 Å². The Morgan fingerprint density at radius 2 is 1.65 bits per heavy atom. The van der Waals surface area contributed by atoms with Crippen LogP contribution in [-0.4, -0.2) is 24.5 Å². The molecule has 1 saturated heterocycles. The maximum Gasteiger partial charge on any atom is 0.335 e. The van der Waals surface area contributed by atoms with Crippen LogP contribution in [0.4, 0.5) is 10.5 Å². The molecular weight excluding hydrogens is 619 g/mol. The fourth-order valence-electron chi connectivity index (χ4n) is 4.58. The number of carbonyl (C=O) groups excluding carboxylic acids is 3. The van der Waals surface area contributed by atoms with Crippen molar-refractivity contribution in [3.05, 3.63) is 105 Å². The van der Waals surface area contributed by atoms with Crippen LogP contribution in [0.2, 0.25) is 0 Å². The van der Waals surface area contributed by atoms with Crippen LogP contribution >= 0.6 is 22.6 Å². The Hall–Kier alpha value is -4.18. The highest BCUT2D eigenvalue weighted by Gasteiger charge is 2.36. The van der Waals surface area contributed by atoms with E-state index in [9.17, 15) is 14.4 Å². The summed E-state index contributed by atoms with van der Waals surface area (Å²) < 4.78 is 12.9. The van der Waals surface area contributed by atoms with Crippen molar-refractivity contribution in [2.75, 3.05) is 11.5 Å². The molecule has 7 nitrogen and oxygen atoms in total. The van der Waals surface area contributed by atoms with Crippen LogP contribution in [-0.2, 0) is 22.6 Å². The van der Waals surface area contributed by atoms with Gasteiger partial charge in [-0.1, -0.05) is 61.5 Å². The first-order chi connectivity index (χ1) is 19.4. The number of halogens is 1. The number of rotatable bonds is 8. The van der Waals surface area contributed by atoms with Gasteiger partial charge in [-0.2, -0.15) is 0 Å². The lowest BCUT2D eigenvalue weighted by atomic mass is 10.0. The van der Waals surface area contributed by atoms with Crippen LogP contribution in [0, 0.1) is 3.57 Å². The summed E-state index contributed by atoms with van der Waals surface area (Å²) in [6.07, 6.45) is 2.29. The zero-order valence-electron chi connectivity index (χ0n) is 22.1. The summed E-state index contributed by atoms with van der Waals surface area (Å²) in [6, 6.07) is 24.1. The van der Waals surface area contributed by atoms with Gasteiger partial charge in [0.25, 0.3) is 11.8 Å². The molecule has 1 aliphatic heterocycles. The molecule has 0 radical (unpaired) electrons. The average Bonchev–Trinajstić information content (AvgIpc) is 2.95. The van der Waals surface area contributed by atoms with Gasteiger partial charge in [0.05, 0.1) is 15.9 Å². The molecule has 0 atom stereocenters. The number of anilines is 1. The van der Waals surface area contributed by atoms with Gasteiger partial charge >= 0.3 is 6.03 Å². The van der Waals surface area contributed by atoms with Crippen molar-refractivity contribution in [2.24, 2.45) is 0 Å². The highest BCUT2D eigenvalue weighted by molar-refractivity contribution is 14.1. The van der Waals surface area contributed by atoms with Gasteiger partial charge < -0.3 is 9.47 Å². The van der Waals surface area contributed by atoms with E-state index in [1.807, 2.05) is 56.3 Å². The van der Waals surface area contributed by atoms with E-state index in [1.165, 1.54) is 6.08 Å². The molecule has 0 aromatic heterocycles. The lowest BCUT2D eigenvalue weighted by molar-refractivity contribution is -0.122. The molecule has 1 heterocycles. The Bertz CT molecular complexity index is 1640. The number of fused-ring (bicyclic) bond motifs is 1. The third-order valence-corrected chi connectivity index (χ3v) is 7.40. The summed E-state index contributed by atoms with van der Waals surface area (Å²) in [5.41, 5.74) is 2.92. The van der Waals surface area contributed by atoms with Gasteiger partial charge in [0.15, 0.2) is 11.5 Å². The van der Waals surface area contributed by atoms with E-state index in [-0.39, 0.29) is 5.57 Å². The monoisotopic (exact) mass is 646 g/mol. The Labute approximate surface area is 245 Å². The topological polar surface area (TPSA) is 84.9 Å². The molecule has 5 rings (SSSR count). The molecule has 1 fully saturated rings. The largest absolute Gasteiger partial charge is 0.490 e. The van der Waals surface area contributed by atoms with Crippen molar-refractivity contribution in [1.29, 1.82) is 0 Å². The number of hydrogen-bond acceptors (Lipinski definition) is 5. The van der Waals surface area contributed by atoms with Gasteiger partial charge in [0, 0.05) is 0 Å². The first-order valence-electron chi connectivity index (χ1n) is 13.0. The number of ether oxygens (including phenoxy) is 2. The van der Waals surface area contributed by atoms with Crippen LogP contribution in [0.25, 0.3) is 16.8 Å². The normalized spacial score (nSPS) is 14.5. The fourth-order valence-corrected chi connectivity index (χ4v) is 5.36. The van der Waals surface area contributed by atoms with Crippen molar-refractivity contribution in [1.82, 2.24) is 5.32 Å². The second kappa shape index (κ2) is 11.9. The number of amides is 4. The number of hydrogen-bond donors (Lipinski definition) is 1. The summed E-state index contributed by atoms with van der Waals surface area (Å²) in [7, 11) is 0. The summed E-state index contributed by atoms with van der Waals surface area (Å²) >= 11 is 2.16. The first-order valence-corrected chi connectivity index (χ1v) is 14.0. The standard InChI is InChI=1S/C32H27IN2O5/c1-3-20-12-14-24(15-13-20)35-31(37)26(30(36)34-32(35)38)16-21-17-27(33)29(28(18-21)39-4-2)40-19-23-10-7-9-22-8-5-6-11-25(22)23/h5-18H,3-4,19H2,1-2H3,(H,34,36,38)/b26-16-. The van der Waals surface area contributed by atoms with Crippen LogP contribution in [0.15, 0.2) is 84.4 Å². The second-order valence-electron chi connectivity index (χ2n) is 9.17. The van der Waals surface area contributed by atoms with Crippen molar-refractivity contribution in [2.45, 2.75) is 26.9 Å². The number of benzene rings is 4. The minimum absolute atomic E-state index is 0.151. The number of carbonyl (C=O) groups is 3. The van der Waals surface area contributed by atoms with Crippen molar-refractivity contribution >= 4 is 63.0 Å². The van der Waals surface area contributed by atoms with Crippen LogP contribution in [0.3, 0.4) is 0 Å². The molecule has 0 aliphatic carbocycles. The van der Waals surface area contributed by atoms with E-state index >= 15 is 0 Å². The Morgan fingerprint density at radius 3 is 2.40 bits per heavy atom. The average molecular weight is 646 g/mol. The van der Waals surface area contributed by atoms with E-state index in [4.69, 9.17) is 9.47 Å². The zero-order valence-corrected chi connectivity index (χ0v) is 24.2. The molecule has 0 bridgehead atoms. The van der Waals surface area contributed by atoms with E-state index in [2.05, 4.69) is 46.1 Å². The second-order valence-corrected chi connectivity index (χ2v) is 10.3. The SMILES string of the molecule is CCOc1cc(/C=C2/C(=O)NC(=O)N(c3ccc(CC)cc3)C2=O)cc(I)c1OCc1cccc2ccccc12. The number of nitrogens with one attached hydrogen (secondary N) is 1. The number of aryl methyl sites for hydroxylation is 1. The van der Waals surface area contributed by atoms with E-state index in [0.29, 0.717) is 36.0 Å². The molecule has 0 unspecified atom stereocenters. The molecule has 4 amide bonds. The minimum Gasteiger partial charge on any atom is -0.490 e. The fraction of sp³-hybridized carbons (Fsp3) is 0.156.